The Balaban J connectivity index is 2.21. The number of hydrogen-bond donors (Lipinski definition) is 1. The first kappa shape index (κ1) is 13.0. The number of nitrogens with one attached hydrogen (secondary N) is 1. The van der Waals surface area contributed by atoms with Crippen molar-refractivity contribution in [1.29, 1.82) is 0 Å². The van der Waals surface area contributed by atoms with Gasteiger partial charge < -0.3 is 5.32 Å². The number of anilines is 1. The van der Waals surface area contributed by atoms with E-state index in [2.05, 4.69) is 46.4 Å². The molecule has 0 radical (unpaired) electrons. The predicted octanol–water partition coefficient (Wildman–Crippen LogP) is 3.34. The third-order valence-corrected chi connectivity index (χ3v) is 3.78. The van der Waals surface area contributed by atoms with Crippen LogP contribution in [0.1, 0.15) is 12.6 Å². The predicted molar refractivity (Wildman–Crippen MR) is 79.8 cm³/mol. The number of rotatable bonds is 5. The van der Waals surface area contributed by atoms with Gasteiger partial charge in [-0.25, -0.2) is 4.98 Å². The molecule has 0 amide bonds. The Kier molecular flexibility index (Phi) is 4.31. The average Bonchev–Trinajstić information content (AvgIpc) is 2.78. The van der Waals surface area contributed by atoms with Crippen molar-refractivity contribution in [3.63, 3.8) is 0 Å². The van der Waals surface area contributed by atoms with E-state index in [1.54, 1.807) is 0 Å². The smallest absolute Gasteiger partial charge is 0.207 e. The van der Waals surface area contributed by atoms with Gasteiger partial charge in [-0.05, 0) is 25.3 Å². The summed E-state index contributed by atoms with van der Waals surface area (Å²) < 4.78 is 2.10. The Morgan fingerprint density at radius 3 is 2.72 bits per heavy atom. The monoisotopic (exact) mass is 261 g/mol. The van der Waals surface area contributed by atoms with Crippen LogP contribution in [0.4, 0.5) is 5.95 Å². The molecule has 1 atom stereocenters. The van der Waals surface area contributed by atoms with Gasteiger partial charge in [0.25, 0.3) is 0 Å². The number of nitrogens with zero attached hydrogens (tertiary/aromatic N) is 2. The van der Waals surface area contributed by atoms with Gasteiger partial charge in [0, 0.05) is 23.7 Å². The molecule has 3 nitrogen and oxygen atoms in total. The zero-order valence-corrected chi connectivity index (χ0v) is 11.9. The first-order valence-corrected chi connectivity index (χ1v) is 7.37. The molecular formula is C14H19N3S. The van der Waals surface area contributed by atoms with Gasteiger partial charge >= 0.3 is 0 Å². The highest BCUT2D eigenvalue weighted by Crippen LogP contribution is 2.17. The van der Waals surface area contributed by atoms with Crippen LogP contribution in [0, 0.1) is 6.92 Å². The molecule has 1 N–H and O–H groups in total. The Labute approximate surface area is 113 Å². The van der Waals surface area contributed by atoms with E-state index in [1.807, 2.05) is 36.9 Å². The zero-order valence-electron chi connectivity index (χ0n) is 11.1. The Morgan fingerprint density at radius 2 is 2.06 bits per heavy atom. The van der Waals surface area contributed by atoms with Gasteiger partial charge in [-0.2, -0.15) is 11.8 Å². The Bertz CT molecular complexity index is 493. The van der Waals surface area contributed by atoms with Crippen molar-refractivity contribution >= 4 is 17.7 Å². The summed E-state index contributed by atoms with van der Waals surface area (Å²) >= 11 is 1.85. The van der Waals surface area contributed by atoms with E-state index in [0.717, 1.165) is 23.9 Å². The molecule has 4 heteroatoms. The maximum absolute atomic E-state index is 4.54. The van der Waals surface area contributed by atoms with E-state index >= 15 is 0 Å². The topological polar surface area (TPSA) is 29.9 Å². The van der Waals surface area contributed by atoms with Crippen LogP contribution in [0.25, 0.3) is 5.69 Å². The maximum atomic E-state index is 4.54. The lowest BCUT2D eigenvalue weighted by atomic mass is 10.3. The molecule has 18 heavy (non-hydrogen) atoms. The molecule has 0 saturated heterocycles. The van der Waals surface area contributed by atoms with Crippen molar-refractivity contribution in [2.45, 2.75) is 19.1 Å². The first-order valence-electron chi connectivity index (χ1n) is 6.09. The second-order valence-corrected chi connectivity index (χ2v) is 5.61. The molecule has 0 aliphatic carbocycles. The summed E-state index contributed by atoms with van der Waals surface area (Å²) in [5.74, 6) is 0.916. The van der Waals surface area contributed by atoms with Crippen LogP contribution >= 0.6 is 11.8 Å². The normalized spacial score (nSPS) is 12.4. The lowest BCUT2D eigenvalue weighted by molar-refractivity contribution is 0.952. The summed E-state index contributed by atoms with van der Waals surface area (Å²) in [4.78, 5) is 4.54. The van der Waals surface area contributed by atoms with Crippen molar-refractivity contribution in [3.8, 4) is 5.69 Å². The maximum Gasteiger partial charge on any atom is 0.207 e. The molecule has 1 heterocycles. The number of aromatic nitrogens is 2. The van der Waals surface area contributed by atoms with Gasteiger partial charge in [0.05, 0.1) is 5.69 Å². The van der Waals surface area contributed by atoms with E-state index in [0.29, 0.717) is 5.25 Å². The number of para-hydroxylation sites is 1. The second kappa shape index (κ2) is 5.96. The molecule has 0 aliphatic rings. The molecule has 1 aromatic heterocycles. The highest BCUT2D eigenvalue weighted by atomic mass is 32.2. The summed E-state index contributed by atoms with van der Waals surface area (Å²) in [6.45, 7) is 5.15. The van der Waals surface area contributed by atoms with Crippen LogP contribution in [0.3, 0.4) is 0 Å². The third-order valence-electron chi connectivity index (χ3n) is 2.81. The van der Waals surface area contributed by atoms with Gasteiger partial charge in [0.1, 0.15) is 0 Å². The van der Waals surface area contributed by atoms with E-state index in [4.69, 9.17) is 0 Å². The van der Waals surface area contributed by atoms with Crippen molar-refractivity contribution in [2.24, 2.45) is 0 Å². The van der Waals surface area contributed by atoms with Crippen molar-refractivity contribution in [3.05, 3.63) is 42.2 Å². The van der Waals surface area contributed by atoms with Gasteiger partial charge in [-0.1, -0.05) is 25.1 Å². The van der Waals surface area contributed by atoms with Gasteiger partial charge in [0.15, 0.2) is 0 Å². The minimum atomic E-state index is 0.575. The third kappa shape index (κ3) is 3.07. The van der Waals surface area contributed by atoms with Crippen molar-refractivity contribution in [2.75, 3.05) is 18.1 Å². The fourth-order valence-corrected chi connectivity index (χ4v) is 1.98. The SMILES string of the molecule is CSC(C)CNc1nc(C)cn1-c1ccccc1. The molecule has 0 saturated carbocycles. The number of aryl methyl sites for hydroxylation is 1. The lowest BCUT2D eigenvalue weighted by Gasteiger charge is -2.12. The molecule has 96 valence electrons. The standard InChI is InChI=1S/C14H19N3S/c1-11-10-17(13-7-5-4-6-8-13)14(16-11)15-9-12(2)18-3/h4-8,10,12H,9H2,1-3H3,(H,15,16). The van der Waals surface area contributed by atoms with Crippen LogP contribution in [0.15, 0.2) is 36.5 Å². The van der Waals surface area contributed by atoms with E-state index in [9.17, 15) is 0 Å². The highest BCUT2D eigenvalue weighted by molar-refractivity contribution is 7.99. The minimum absolute atomic E-state index is 0.575. The largest absolute Gasteiger partial charge is 0.354 e. The number of benzene rings is 1. The van der Waals surface area contributed by atoms with Crippen LogP contribution in [0.5, 0.6) is 0 Å². The zero-order chi connectivity index (χ0) is 13.0. The van der Waals surface area contributed by atoms with Crippen LogP contribution in [0.2, 0.25) is 0 Å². The van der Waals surface area contributed by atoms with Gasteiger partial charge in [0.2, 0.25) is 5.95 Å². The molecule has 0 fully saturated rings. The van der Waals surface area contributed by atoms with Crippen LogP contribution in [-0.2, 0) is 0 Å². The van der Waals surface area contributed by atoms with Crippen LogP contribution < -0.4 is 5.32 Å². The van der Waals surface area contributed by atoms with Gasteiger partial charge in [-0.15, -0.1) is 0 Å². The van der Waals surface area contributed by atoms with E-state index < -0.39 is 0 Å². The molecule has 2 rings (SSSR count). The quantitative estimate of drug-likeness (QED) is 0.895. The van der Waals surface area contributed by atoms with E-state index in [1.165, 1.54) is 0 Å². The Morgan fingerprint density at radius 1 is 1.33 bits per heavy atom. The number of hydrogen-bond acceptors (Lipinski definition) is 3. The molecule has 0 aliphatic heterocycles. The molecule has 0 spiro atoms. The fourth-order valence-electron chi connectivity index (χ4n) is 1.73. The molecule has 0 bridgehead atoms. The molecule has 2 aromatic rings. The summed E-state index contributed by atoms with van der Waals surface area (Å²) in [6.07, 6.45) is 4.18. The molecule has 1 unspecified atom stereocenters. The van der Waals surface area contributed by atoms with Crippen molar-refractivity contribution < 1.29 is 0 Å². The average molecular weight is 261 g/mol. The summed E-state index contributed by atoms with van der Waals surface area (Å²) in [7, 11) is 0. The first-order chi connectivity index (χ1) is 8.70. The highest BCUT2D eigenvalue weighted by Gasteiger charge is 2.08. The number of imidazole rings is 1. The summed E-state index contributed by atoms with van der Waals surface area (Å²) in [5, 5.41) is 3.99. The van der Waals surface area contributed by atoms with Gasteiger partial charge in [-0.3, -0.25) is 4.57 Å². The Hall–Kier alpha value is -1.42. The molecular weight excluding hydrogens is 242 g/mol. The fraction of sp³-hybridized carbons (Fsp3) is 0.357. The minimum Gasteiger partial charge on any atom is -0.354 e. The summed E-state index contributed by atoms with van der Waals surface area (Å²) in [5.41, 5.74) is 2.16. The molecule has 1 aromatic carbocycles. The number of thioether (sulfide) groups is 1. The second-order valence-electron chi connectivity index (χ2n) is 4.34. The van der Waals surface area contributed by atoms with Crippen LogP contribution in [-0.4, -0.2) is 27.6 Å². The van der Waals surface area contributed by atoms with E-state index in [-0.39, 0.29) is 0 Å². The summed E-state index contributed by atoms with van der Waals surface area (Å²) in [6, 6.07) is 10.3. The van der Waals surface area contributed by atoms with Crippen molar-refractivity contribution in [1.82, 2.24) is 9.55 Å². The lowest BCUT2D eigenvalue weighted by Crippen LogP contribution is -2.15.